The second kappa shape index (κ2) is 2.79. The molecule has 4 heteroatoms. The lowest BCUT2D eigenvalue weighted by Gasteiger charge is -2.07. The van der Waals surface area contributed by atoms with Gasteiger partial charge in [-0.3, -0.25) is 9.79 Å². The fourth-order valence-corrected chi connectivity index (χ4v) is 0.796. The fourth-order valence-electron chi connectivity index (χ4n) is 0.796. The highest BCUT2D eigenvalue weighted by atomic mass is 16.2. The number of hydrogen-bond donors (Lipinski definition) is 1. The van der Waals surface area contributed by atoms with E-state index >= 15 is 0 Å². The largest absolute Gasteiger partial charge is 0.312 e. The van der Waals surface area contributed by atoms with E-state index in [-0.39, 0.29) is 5.91 Å². The van der Waals surface area contributed by atoms with Crippen molar-refractivity contribution in [1.29, 1.82) is 0 Å². The van der Waals surface area contributed by atoms with Crippen LogP contribution in [0.3, 0.4) is 0 Å². The summed E-state index contributed by atoms with van der Waals surface area (Å²) in [5.41, 5.74) is 0. The normalized spacial score (nSPS) is 17.5. The molecular weight excluding hydrogens is 130 g/mol. The standard InChI is InChI=1S/C6H11N3O/c1-9(2)4-5-7-3-6(10)8-5/h3-4H2,1-2H3,(H,7,8,10). The van der Waals surface area contributed by atoms with Gasteiger partial charge in [0.1, 0.15) is 12.4 Å². The van der Waals surface area contributed by atoms with Gasteiger partial charge in [0.05, 0.1) is 6.54 Å². The molecule has 1 N–H and O–H groups in total. The molecule has 0 fully saturated rings. The number of carbonyl (C=O) groups excluding carboxylic acids is 1. The maximum absolute atomic E-state index is 10.6. The van der Waals surface area contributed by atoms with Crippen LogP contribution in [0.4, 0.5) is 0 Å². The molecule has 1 aliphatic rings. The molecule has 0 saturated heterocycles. The molecule has 0 aromatic rings. The second-order valence-corrected chi connectivity index (χ2v) is 2.55. The van der Waals surface area contributed by atoms with Crippen molar-refractivity contribution in [3.63, 3.8) is 0 Å². The van der Waals surface area contributed by atoms with Gasteiger partial charge in [-0.15, -0.1) is 0 Å². The van der Waals surface area contributed by atoms with E-state index in [0.717, 1.165) is 5.84 Å². The first-order chi connectivity index (χ1) is 4.68. The van der Waals surface area contributed by atoms with Crippen molar-refractivity contribution in [2.24, 2.45) is 4.99 Å². The highest BCUT2D eigenvalue weighted by Crippen LogP contribution is 1.87. The van der Waals surface area contributed by atoms with Crippen LogP contribution >= 0.6 is 0 Å². The van der Waals surface area contributed by atoms with Gasteiger partial charge in [0.2, 0.25) is 5.91 Å². The Morgan fingerprint density at radius 1 is 1.70 bits per heavy atom. The molecule has 1 heterocycles. The summed E-state index contributed by atoms with van der Waals surface area (Å²) in [6.07, 6.45) is 0. The minimum atomic E-state index is -0.00292. The maximum Gasteiger partial charge on any atom is 0.247 e. The number of amidine groups is 1. The Hall–Kier alpha value is -0.900. The van der Waals surface area contributed by atoms with Gasteiger partial charge in [-0.2, -0.15) is 0 Å². The molecule has 0 saturated carbocycles. The quantitative estimate of drug-likeness (QED) is 0.540. The summed E-state index contributed by atoms with van der Waals surface area (Å²) in [5, 5.41) is 2.65. The van der Waals surface area contributed by atoms with E-state index in [1.165, 1.54) is 0 Å². The maximum atomic E-state index is 10.6. The lowest BCUT2D eigenvalue weighted by molar-refractivity contribution is -0.117. The van der Waals surface area contributed by atoms with Crippen molar-refractivity contribution in [2.45, 2.75) is 0 Å². The van der Waals surface area contributed by atoms with Crippen LogP contribution < -0.4 is 5.32 Å². The second-order valence-electron chi connectivity index (χ2n) is 2.55. The zero-order valence-corrected chi connectivity index (χ0v) is 6.22. The molecule has 56 valence electrons. The Kier molecular flexibility index (Phi) is 2.01. The topological polar surface area (TPSA) is 44.7 Å². The summed E-state index contributed by atoms with van der Waals surface area (Å²) in [6, 6.07) is 0. The van der Waals surface area contributed by atoms with E-state index in [1.54, 1.807) is 0 Å². The molecule has 1 rings (SSSR count). The number of carbonyl (C=O) groups is 1. The first-order valence-corrected chi connectivity index (χ1v) is 3.16. The number of rotatable bonds is 2. The Bertz CT molecular complexity index is 174. The Morgan fingerprint density at radius 3 is 2.80 bits per heavy atom. The van der Waals surface area contributed by atoms with Crippen LogP contribution in [0.2, 0.25) is 0 Å². The van der Waals surface area contributed by atoms with Crippen LogP contribution in [0.15, 0.2) is 4.99 Å². The Morgan fingerprint density at radius 2 is 2.40 bits per heavy atom. The predicted molar refractivity (Wildman–Crippen MR) is 39.0 cm³/mol. The zero-order valence-electron chi connectivity index (χ0n) is 6.22. The molecule has 0 aliphatic carbocycles. The van der Waals surface area contributed by atoms with Crippen LogP contribution in [-0.4, -0.2) is 43.8 Å². The Labute approximate surface area is 59.9 Å². The third-order valence-electron chi connectivity index (χ3n) is 1.16. The monoisotopic (exact) mass is 141 g/mol. The van der Waals surface area contributed by atoms with E-state index in [4.69, 9.17) is 0 Å². The zero-order chi connectivity index (χ0) is 7.56. The average Bonchev–Trinajstić information content (AvgIpc) is 2.13. The summed E-state index contributed by atoms with van der Waals surface area (Å²) >= 11 is 0. The molecule has 0 unspecified atom stereocenters. The molecule has 0 atom stereocenters. The SMILES string of the molecule is CN(C)CC1=NCC(=O)N1. The first kappa shape index (κ1) is 7.21. The molecule has 0 spiro atoms. The molecular formula is C6H11N3O. The molecule has 0 aromatic heterocycles. The van der Waals surface area contributed by atoms with Gasteiger partial charge in [0, 0.05) is 0 Å². The van der Waals surface area contributed by atoms with E-state index in [0.29, 0.717) is 13.1 Å². The molecule has 4 nitrogen and oxygen atoms in total. The summed E-state index contributed by atoms with van der Waals surface area (Å²) in [5.74, 6) is 0.770. The number of likely N-dealkylation sites (N-methyl/N-ethyl adjacent to an activating group) is 1. The third kappa shape index (κ3) is 1.80. The van der Waals surface area contributed by atoms with Crippen LogP contribution in [0, 0.1) is 0 Å². The van der Waals surface area contributed by atoms with Crippen molar-refractivity contribution < 1.29 is 4.79 Å². The van der Waals surface area contributed by atoms with Crippen molar-refractivity contribution >= 4 is 11.7 Å². The smallest absolute Gasteiger partial charge is 0.247 e. The fraction of sp³-hybridized carbons (Fsp3) is 0.667. The molecule has 0 radical (unpaired) electrons. The number of nitrogens with one attached hydrogen (secondary N) is 1. The van der Waals surface area contributed by atoms with Gasteiger partial charge in [-0.25, -0.2) is 0 Å². The third-order valence-corrected chi connectivity index (χ3v) is 1.16. The summed E-state index contributed by atoms with van der Waals surface area (Å²) in [4.78, 5) is 16.5. The van der Waals surface area contributed by atoms with Crippen molar-refractivity contribution in [1.82, 2.24) is 10.2 Å². The molecule has 0 bridgehead atoms. The van der Waals surface area contributed by atoms with Crippen LogP contribution in [0.5, 0.6) is 0 Å². The van der Waals surface area contributed by atoms with Crippen LogP contribution in [-0.2, 0) is 4.79 Å². The van der Waals surface area contributed by atoms with Crippen LogP contribution in [0.25, 0.3) is 0 Å². The Balaban J connectivity index is 2.37. The van der Waals surface area contributed by atoms with Gasteiger partial charge < -0.3 is 10.2 Å². The van der Waals surface area contributed by atoms with Crippen molar-refractivity contribution in [2.75, 3.05) is 27.2 Å². The van der Waals surface area contributed by atoms with Crippen molar-refractivity contribution in [3.8, 4) is 0 Å². The van der Waals surface area contributed by atoms with Gasteiger partial charge in [0.15, 0.2) is 0 Å². The number of nitrogens with zero attached hydrogens (tertiary/aromatic N) is 2. The molecule has 10 heavy (non-hydrogen) atoms. The number of hydrogen-bond acceptors (Lipinski definition) is 3. The van der Waals surface area contributed by atoms with Gasteiger partial charge in [0.25, 0.3) is 0 Å². The predicted octanol–water partition coefficient (Wildman–Crippen LogP) is -0.924. The summed E-state index contributed by atoms with van der Waals surface area (Å²) in [7, 11) is 3.87. The molecule has 0 aromatic carbocycles. The van der Waals surface area contributed by atoms with Gasteiger partial charge in [-0.1, -0.05) is 0 Å². The van der Waals surface area contributed by atoms with E-state index < -0.39 is 0 Å². The number of amides is 1. The highest BCUT2D eigenvalue weighted by Gasteiger charge is 2.12. The van der Waals surface area contributed by atoms with E-state index in [1.807, 2.05) is 19.0 Å². The lowest BCUT2D eigenvalue weighted by Crippen LogP contribution is -2.32. The minimum absolute atomic E-state index is 0.00292. The van der Waals surface area contributed by atoms with Crippen molar-refractivity contribution in [3.05, 3.63) is 0 Å². The highest BCUT2D eigenvalue weighted by molar-refractivity contribution is 6.04. The van der Waals surface area contributed by atoms with Gasteiger partial charge in [-0.05, 0) is 14.1 Å². The van der Waals surface area contributed by atoms with E-state index in [9.17, 15) is 4.79 Å². The summed E-state index contributed by atoms with van der Waals surface area (Å²) < 4.78 is 0. The molecule has 1 aliphatic heterocycles. The minimum Gasteiger partial charge on any atom is -0.312 e. The lowest BCUT2D eigenvalue weighted by atomic mass is 10.5. The first-order valence-electron chi connectivity index (χ1n) is 3.16. The van der Waals surface area contributed by atoms with Gasteiger partial charge >= 0.3 is 0 Å². The average molecular weight is 141 g/mol. The summed E-state index contributed by atoms with van der Waals surface area (Å²) in [6.45, 7) is 1.01. The van der Waals surface area contributed by atoms with Crippen LogP contribution in [0.1, 0.15) is 0 Å². The number of aliphatic imine (C=N–C) groups is 1. The molecule has 1 amide bonds. The van der Waals surface area contributed by atoms with E-state index in [2.05, 4.69) is 10.3 Å².